The third-order valence-corrected chi connectivity index (χ3v) is 3.47. The largest absolute Gasteiger partial charge is 0.0801 e. The van der Waals surface area contributed by atoms with Crippen LogP contribution < -0.4 is 0 Å². The maximum absolute atomic E-state index is 2.24. The van der Waals surface area contributed by atoms with Gasteiger partial charge in [-0.1, -0.05) is 99.7 Å². The Balaban J connectivity index is 1.89. The maximum atomic E-state index is 2.24. The monoisotopic (exact) mass is 276 g/mol. The summed E-state index contributed by atoms with van der Waals surface area (Å²) < 4.78 is 0. The summed E-state index contributed by atoms with van der Waals surface area (Å²) in [6.07, 6.45) is 9.69. The molecule has 0 saturated carbocycles. The summed E-state index contributed by atoms with van der Waals surface area (Å²) in [5, 5.41) is 0. The molecule has 0 nitrogen and oxygen atoms in total. The van der Waals surface area contributed by atoms with Gasteiger partial charge in [0.1, 0.15) is 0 Å². The van der Waals surface area contributed by atoms with Crippen LogP contribution in [-0.2, 0) is 5.41 Å². The number of hydrogen-bond acceptors (Lipinski definition) is 0. The SMILES string of the molecule is CC(C)(C)c1ccc(/C=C\C/C=C/c2ccccc2)cc1. The van der Waals surface area contributed by atoms with Crippen molar-refractivity contribution < 1.29 is 0 Å². The highest BCUT2D eigenvalue weighted by atomic mass is 14.2. The molecule has 0 atom stereocenters. The molecule has 0 heterocycles. The van der Waals surface area contributed by atoms with Gasteiger partial charge in [-0.15, -0.1) is 0 Å². The number of hydrogen-bond donors (Lipinski definition) is 0. The molecule has 0 unspecified atom stereocenters. The summed E-state index contributed by atoms with van der Waals surface area (Å²) in [5.74, 6) is 0. The third-order valence-electron chi connectivity index (χ3n) is 3.47. The van der Waals surface area contributed by atoms with Crippen molar-refractivity contribution in [3.05, 3.63) is 83.4 Å². The van der Waals surface area contributed by atoms with Gasteiger partial charge < -0.3 is 0 Å². The molecule has 21 heavy (non-hydrogen) atoms. The van der Waals surface area contributed by atoms with Gasteiger partial charge in [0.05, 0.1) is 0 Å². The van der Waals surface area contributed by atoms with E-state index in [9.17, 15) is 0 Å². The fourth-order valence-electron chi connectivity index (χ4n) is 2.15. The van der Waals surface area contributed by atoms with E-state index in [4.69, 9.17) is 0 Å². The molecule has 0 aliphatic heterocycles. The maximum Gasteiger partial charge on any atom is -0.0132 e. The molecule has 108 valence electrons. The quantitative estimate of drug-likeness (QED) is 0.633. The van der Waals surface area contributed by atoms with Gasteiger partial charge in [-0.2, -0.15) is 0 Å². The van der Waals surface area contributed by atoms with Crippen molar-refractivity contribution in [2.24, 2.45) is 0 Å². The molecule has 0 heteroatoms. The molecule has 2 aromatic rings. The predicted octanol–water partition coefficient (Wildman–Crippen LogP) is 6.10. The van der Waals surface area contributed by atoms with Crippen LogP contribution >= 0.6 is 0 Å². The van der Waals surface area contributed by atoms with E-state index in [0.29, 0.717) is 0 Å². The fraction of sp³-hybridized carbons (Fsp3) is 0.238. The fourth-order valence-corrected chi connectivity index (χ4v) is 2.15. The van der Waals surface area contributed by atoms with Gasteiger partial charge in [0, 0.05) is 0 Å². The minimum absolute atomic E-state index is 0.223. The zero-order valence-electron chi connectivity index (χ0n) is 13.2. The van der Waals surface area contributed by atoms with Crippen molar-refractivity contribution in [3.63, 3.8) is 0 Å². The Bertz CT molecular complexity index is 593. The second-order valence-corrected chi connectivity index (χ2v) is 6.32. The van der Waals surface area contributed by atoms with Crippen LogP contribution in [-0.4, -0.2) is 0 Å². The van der Waals surface area contributed by atoms with Crippen molar-refractivity contribution in [1.29, 1.82) is 0 Å². The normalized spacial score (nSPS) is 12.3. The van der Waals surface area contributed by atoms with Gasteiger partial charge in [-0.3, -0.25) is 0 Å². The number of rotatable bonds is 4. The molecule has 0 fully saturated rings. The van der Waals surface area contributed by atoms with E-state index < -0.39 is 0 Å². The lowest BCUT2D eigenvalue weighted by molar-refractivity contribution is 0.590. The molecule has 0 spiro atoms. The summed E-state index contributed by atoms with van der Waals surface area (Å²) in [4.78, 5) is 0. The second-order valence-electron chi connectivity index (χ2n) is 6.32. The minimum Gasteiger partial charge on any atom is -0.0801 e. The molecule has 0 amide bonds. The molecule has 0 aliphatic rings. The first-order valence-corrected chi connectivity index (χ1v) is 7.54. The van der Waals surface area contributed by atoms with E-state index in [1.807, 2.05) is 6.07 Å². The molecule has 0 radical (unpaired) electrons. The molecule has 0 aromatic heterocycles. The Kier molecular flexibility index (Phi) is 5.16. The summed E-state index contributed by atoms with van der Waals surface area (Å²) in [5.41, 5.74) is 4.11. The highest BCUT2D eigenvalue weighted by Crippen LogP contribution is 2.22. The molecular weight excluding hydrogens is 252 g/mol. The average molecular weight is 276 g/mol. The number of allylic oxidation sites excluding steroid dienone is 2. The van der Waals surface area contributed by atoms with Gasteiger partial charge in [0.15, 0.2) is 0 Å². The Morgan fingerprint density at radius 3 is 1.76 bits per heavy atom. The highest BCUT2D eigenvalue weighted by molar-refractivity contribution is 5.52. The zero-order valence-corrected chi connectivity index (χ0v) is 13.2. The van der Waals surface area contributed by atoms with Crippen molar-refractivity contribution in [1.82, 2.24) is 0 Å². The Hall–Kier alpha value is -2.08. The van der Waals surface area contributed by atoms with Gasteiger partial charge in [-0.05, 0) is 28.5 Å². The second kappa shape index (κ2) is 7.08. The first-order valence-electron chi connectivity index (χ1n) is 7.54. The molecular formula is C21H24. The zero-order chi connectivity index (χ0) is 15.1. The van der Waals surface area contributed by atoms with Crippen LogP contribution in [0.5, 0.6) is 0 Å². The molecule has 0 bridgehead atoms. The van der Waals surface area contributed by atoms with Gasteiger partial charge in [0.25, 0.3) is 0 Å². The van der Waals surface area contributed by atoms with Gasteiger partial charge in [-0.25, -0.2) is 0 Å². The predicted molar refractivity (Wildman–Crippen MR) is 94.3 cm³/mol. The van der Waals surface area contributed by atoms with E-state index in [2.05, 4.69) is 93.6 Å². The van der Waals surface area contributed by atoms with Crippen LogP contribution in [0.2, 0.25) is 0 Å². The summed E-state index contributed by atoms with van der Waals surface area (Å²) in [7, 11) is 0. The van der Waals surface area contributed by atoms with E-state index >= 15 is 0 Å². The van der Waals surface area contributed by atoms with Crippen LogP contribution in [0.25, 0.3) is 12.2 Å². The lowest BCUT2D eigenvalue weighted by Gasteiger charge is -2.18. The van der Waals surface area contributed by atoms with Crippen LogP contribution in [0.3, 0.4) is 0 Å². The Labute approximate surface area is 128 Å². The standard InChI is InChI=1S/C21H24/c1-21(2,3)20-16-14-19(15-17-20)13-9-5-8-12-18-10-6-4-7-11-18/h4,6-17H,5H2,1-3H3/b12-8+,13-9-. The van der Waals surface area contributed by atoms with Crippen LogP contribution in [0.4, 0.5) is 0 Å². The molecule has 2 rings (SSSR count). The first-order chi connectivity index (χ1) is 10.1. The smallest absolute Gasteiger partial charge is 0.0132 e. The number of benzene rings is 2. The van der Waals surface area contributed by atoms with Crippen molar-refractivity contribution >= 4 is 12.2 Å². The third kappa shape index (κ3) is 5.07. The lowest BCUT2D eigenvalue weighted by atomic mass is 9.87. The Morgan fingerprint density at radius 1 is 0.714 bits per heavy atom. The van der Waals surface area contributed by atoms with Crippen LogP contribution in [0.1, 0.15) is 43.9 Å². The molecule has 0 aliphatic carbocycles. The van der Waals surface area contributed by atoms with Gasteiger partial charge >= 0.3 is 0 Å². The average Bonchev–Trinajstić information content (AvgIpc) is 2.47. The van der Waals surface area contributed by atoms with Crippen LogP contribution in [0, 0.1) is 0 Å². The minimum atomic E-state index is 0.223. The summed E-state index contributed by atoms with van der Waals surface area (Å²) >= 11 is 0. The Morgan fingerprint density at radius 2 is 1.24 bits per heavy atom. The molecule has 2 aromatic carbocycles. The van der Waals surface area contributed by atoms with E-state index in [1.54, 1.807) is 0 Å². The van der Waals surface area contributed by atoms with E-state index in [-0.39, 0.29) is 5.41 Å². The highest BCUT2D eigenvalue weighted by Gasteiger charge is 2.12. The van der Waals surface area contributed by atoms with Crippen molar-refractivity contribution in [2.45, 2.75) is 32.6 Å². The molecule has 0 N–H and O–H groups in total. The summed E-state index contributed by atoms with van der Waals surface area (Å²) in [6, 6.07) is 19.2. The van der Waals surface area contributed by atoms with E-state index in [1.165, 1.54) is 16.7 Å². The molecule has 0 saturated heterocycles. The lowest BCUT2D eigenvalue weighted by Crippen LogP contribution is -2.10. The summed E-state index contributed by atoms with van der Waals surface area (Å²) in [6.45, 7) is 6.73. The van der Waals surface area contributed by atoms with Crippen molar-refractivity contribution in [3.8, 4) is 0 Å². The van der Waals surface area contributed by atoms with Crippen molar-refractivity contribution in [2.75, 3.05) is 0 Å². The van der Waals surface area contributed by atoms with E-state index in [0.717, 1.165) is 6.42 Å². The first kappa shape index (κ1) is 15.3. The van der Waals surface area contributed by atoms with Gasteiger partial charge in [0.2, 0.25) is 0 Å². The van der Waals surface area contributed by atoms with Crippen LogP contribution in [0.15, 0.2) is 66.7 Å². The topological polar surface area (TPSA) is 0 Å².